The van der Waals surface area contributed by atoms with E-state index < -0.39 is 24.0 Å². The summed E-state index contributed by atoms with van der Waals surface area (Å²) in [5, 5.41) is 30.3. The second kappa shape index (κ2) is 17.8. The summed E-state index contributed by atoms with van der Waals surface area (Å²) in [4.78, 5) is 25.4. The first-order valence-corrected chi connectivity index (χ1v) is 16.8. The van der Waals surface area contributed by atoms with Crippen LogP contribution in [0.15, 0.2) is 72.8 Å². The molecule has 0 amide bonds. The summed E-state index contributed by atoms with van der Waals surface area (Å²) >= 11 is 0. The van der Waals surface area contributed by atoms with Gasteiger partial charge in [0.1, 0.15) is 12.7 Å². The second-order valence-electron chi connectivity index (χ2n) is 12.1. The van der Waals surface area contributed by atoms with Crippen molar-refractivity contribution in [2.75, 3.05) is 48.8 Å². The van der Waals surface area contributed by atoms with E-state index in [0.717, 1.165) is 11.1 Å². The lowest BCUT2D eigenvalue weighted by Crippen LogP contribution is -2.17. The fraction of sp³-hybridized carbons (Fsp3) is 0.268. The van der Waals surface area contributed by atoms with Gasteiger partial charge in [-0.05, 0) is 84.1 Å². The highest BCUT2D eigenvalue weighted by atomic mass is 16.5. The molecule has 13 heteroatoms. The minimum atomic E-state index is -0.702. The first-order valence-electron chi connectivity index (χ1n) is 16.8. The maximum Gasteiger partial charge on any atom is 0.330 e. The number of aryl methyl sites for hydroxylation is 1. The second-order valence-corrected chi connectivity index (χ2v) is 12.1. The normalized spacial score (nSPS) is 14.7. The minimum absolute atomic E-state index is 0.00330. The van der Waals surface area contributed by atoms with Crippen molar-refractivity contribution in [3.05, 3.63) is 101 Å². The van der Waals surface area contributed by atoms with Gasteiger partial charge in [-0.1, -0.05) is 18.2 Å². The van der Waals surface area contributed by atoms with Gasteiger partial charge in [-0.3, -0.25) is 0 Å². The number of phenols is 3. The van der Waals surface area contributed by atoms with Crippen molar-refractivity contribution in [1.29, 1.82) is 0 Å². The molecule has 0 saturated heterocycles. The number of methoxy groups -OCH3 is 5. The van der Waals surface area contributed by atoms with Gasteiger partial charge in [0.25, 0.3) is 0 Å². The third kappa shape index (κ3) is 9.10. The van der Waals surface area contributed by atoms with Crippen LogP contribution in [0, 0.1) is 0 Å². The number of rotatable bonds is 16. The van der Waals surface area contributed by atoms with Crippen LogP contribution in [-0.4, -0.2) is 76.0 Å². The first kappa shape index (κ1) is 38.7. The number of carbonyl (C=O) groups is 2. The molecule has 0 fully saturated rings. The van der Waals surface area contributed by atoms with Crippen LogP contribution in [0.5, 0.6) is 51.7 Å². The lowest BCUT2D eigenvalue weighted by molar-refractivity contribution is -0.139. The highest BCUT2D eigenvalue weighted by Crippen LogP contribution is 2.53. The van der Waals surface area contributed by atoms with Crippen molar-refractivity contribution in [3.8, 4) is 51.7 Å². The van der Waals surface area contributed by atoms with Crippen LogP contribution in [0.25, 0.3) is 12.2 Å². The SMILES string of the molecule is COc1cc(C=CC(=O)OCCCc2cc(OC)c3c(c2)[C@@H](COC(=O)C=Cc2ccc(O)c(OC)c2)[C@H](c2cc(OC)c(O)c(OC)c2)O3)ccc1O. The van der Waals surface area contributed by atoms with E-state index in [-0.39, 0.29) is 47.7 Å². The number of hydrogen-bond donors (Lipinski definition) is 3. The van der Waals surface area contributed by atoms with E-state index in [9.17, 15) is 24.9 Å². The number of fused-ring (bicyclic) bond motifs is 1. The van der Waals surface area contributed by atoms with Gasteiger partial charge in [-0.25, -0.2) is 9.59 Å². The number of benzene rings is 4. The Morgan fingerprint density at radius 2 is 1.20 bits per heavy atom. The van der Waals surface area contributed by atoms with Crippen LogP contribution in [0.4, 0.5) is 0 Å². The molecule has 1 heterocycles. The molecule has 1 aliphatic rings. The van der Waals surface area contributed by atoms with Gasteiger partial charge >= 0.3 is 11.9 Å². The number of carbonyl (C=O) groups excluding carboxylic acids is 2. The van der Waals surface area contributed by atoms with E-state index in [4.69, 9.17) is 37.9 Å². The topological polar surface area (TPSA) is 169 Å². The summed E-state index contributed by atoms with van der Waals surface area (Å²) in [6.45, 7) is 0.0582. The Morgan fingerprint density at radius 1 is 0.667 bits per heavy atom. The number of aromatic hydroxyl groups is 3. The first-order chi connectivity index (χ1) is 26.1. The summed E-state index contributed by atoms with van der Waals surface area (Å²) in [6.07, 6.45) is 6.01. The van der Waals surface area contributed by atoms with E-state index in [0.29, 0.717) is 46.8 Å². The predicted octanol–water partition coefficient (Wildman–Crippen LogP) is 6.51. The van der Waals surface area contributed by atoms with Gasteiger partial charge in [0.05, 0.1) is 48.1 Å². The Kier molecular flexibility index (Phi) is 12.8. The molecule has 0 bridgehead atoms. The fourth-order valence-corrected chi connectivity index (χ4v) is 5.95. The van der Waals surface area contributed by atoms with Crippen LogP contribution in [0.2, 0.25) is 0 Å². The molecule has 1 aliphatic heterocycles. The Hall–Kier alpha value is -6.50. The van der Waals surface area contributed by atoms with Crippen molar-refractivity contribution in [1.82, 2.24) is 0 Å². The largest absolute Gasteiger partial charge is 0.504 e. The van der Waals surface area contributed by atoms with Crippen LogP contribution < -0.4 is 28.4 Å². The Balaban J connectivity index is 1.33. The molecule has 0 aliphatic carbocycles. The summed E-state index contributed by atoms with van der Waals surface area (Å²) in [5.41, 5.74) is 3.47. The summed E-state index contributed by atoms with van der Waals surface area (Å²) in [5.74, 6) is -0.0357. The third-order valence-corrected chi connectivity index (χ3v) is 8.69. The lowest BCUT2D eigenvalue weighted by Gasteiger charge is -2.21. The van der Waals surface area contributed by atoms with Gasteiger partial charge in [-0.15, -0.1) is 0 Å². The van der Waals surface area contributed by atoms with E-state index >= 15 is 0 Å². The van der Waals surface area contributed by atoms with Gasteiger partial charge in [0.15, 0.2) is 46.0 Å². The number of esters is 2. The van der Waals surface area contributed by atoms with Gasteiger partial charge in [0.2, 0.25) is 5.75 Å². The van der Waals surface area contributed by atoms with Crippen LogP contribution >= 0.6 is 0 Å². The van der Waals surface area contributed by atoms with Crippen LogP contribution in [-0.2, 0) is 25.5 Å². The molecule has 3 N–H and O–H groups in total. The summed E-state index contributed by atoms with van der Waals surface area (Å²) in [6, 6.07) is 16.5. The molecule has 5 rings (SSSR count). The highest BCUT2D eigenvalue weighted by Gasteiger charge is 2.40. The minimum Gasteiger partial charge on any atom is -0.504 e. The third-order valence-electron chi connectivity index (χ3n) is 8.69. The molecule has 0 saturated carbocycles. The smallest absolute Gasteiger partial charge is 0.330 e. The lowest BCUT2D eigenvalue weighted by atomic mass is 9.89. The molecule has 4 aromatic rings. The zero-order valence-electron chi connectivity index (χ0n) is 30.5. The van der Waals surface area contributed by atoms with Crippen LogP contribution in [0.1, 0.15) is 46.3 Å². The molecule has 54 heavy (non-hydrogen) atoms. The van der Waals surface area contributed by atoms with Crippen molar-refractivity contribution in [2.24, 2.45) is 0 Å². The molecule has 2 atom stereocenters. The maximum atomic E-state index is 13.0. The van der Waals surface area contributed by atoms with Crippen molar-refractivity contribution in [3.63, 3.8) is 0 Å². The number of ether oxygens (including phenoxy) is 8. The molecule has 0 aromatic heterocycles. The Bertz CT molecular complexity index is 2010. The monoisotopic (exact) mass is 742 g/mol. The quantitative estimate of drug-likeness (QED) is 0.0646. The molecule has 0 spiro atoms. The standard InChI is InChI=1S/C41H42O13/c1-47-32-18-24(8-12-30(32)42)10-14-37(44)52-16-6-7-26-17-28-29(23-53-38(45)15-11-25-9-13-31(43)33(19-25)48-2)40(54-41(28)36(20-26)51-5)27-21-34(49-3)39(46)35(22-27)50-4/h8-15,17-22,29,40,42-43,46H,6-7,16,23H2,1-5H3/t29-,40+/m1/s1. The van der Waals surface area contributed by atoms with Gasteiger partial charge in [0, 0.05) is 23.3 Å². The highest BCUT2D eigenvalue weighted by molar-refractivity contribution is 5.87. The molecule has 4 aromatic carbocycles. The molecule has 13 nitrogen and oxygen atoms in total. The average molecular weight is 743 g/mol. The van der Waals surface area contributed by atoms with Crippen molar-refractivity contribution < 1.29 is 62.8 Å². The molecular formula is C41H42O13. The molecule has 0 unspecified atom stereocenters. The molecule has 0 radical (unpaired) electrons. The van der Waals surface area contributed by atoms with Gasteiger partial charge < -0.3 is 53.2 Å². The fourth-order valence-electron chi connectivity index (χ4n) is 5.95. The van der Waals surface area contributed by atoms with Crippen LogP contribution in [0.3, 0.4) is 0 Å². The number of hydrogen-bond acceptors (Lipinski definition) is 13. The zero-order valence-corrected chi connectivity index (χ0v) is 30.5. The Morgan fingerprint density at radius 3 is 1.74 bits per heavy atom. The summed E-state index contributed by atoms with van der Waals surface area (Å²) in [7, 11) is 7.25. The van der Waals surface area contributed by atoms with Crippen molar-refractivity contribution in [2.45, 2.75) is 24.9 Å². The zero-order chi connectivity index (χ0) is 38.8. The Labute approximate surface area is 312 Å². The van der Waals surface area contributed by atoms with Gasteiger partial charge in [-0.2, -0.15) is 0 Å². The van der Waals surface area contributed by atoms with Crippen molar-refractivity contribution >= 4 is 24.1 Å². The maximum absolute atomic E-state index is 13.0. The van der Waals surface area contributed by atoms with E-state index in [1.54, 1.807) is 48.6 Å². The predicted molar refractivity (Wildman–Crippen MR) is 198 cm³/mol. The molecular weight excluding hydrogens is 700 g/mol. The van der Waals surface area contributed by atoms with E-state index in [1.807, 2.05) is 12.1 Å². The van der Waals surface area contributed by atoms with E-state index in [1.165, 1.54) is 59.8 Å². The summed E-state index contributed by atoms with van der Waals surface area (Å²) < 4.78 is 44.5. The average Bonchev–Trinajstić information content (AvgIpc) is 3.56. The number of phenolic OH excluding ortho intramolecular Hbond substituents is 3. The van der Waals surface area contributed by atoms with E-state index in [2.05, 4.69) is 0 Å². The molecule has 284 valence electrons.